The third-order valence-corrected chi connectivity index (χ3v) is 2.16. The average molecular weight is 163 g/mol. The van der Waals surface area contributed by atoms with Gasteiger partial charge in [-0.05, 0) is 18.4 Å². The van der Waals surface area contributed by atoms with Gasteiger partial charge in [-0.2, -0.15) is 0 Å². The molecular formula is C7H8Cl2. The van der Waals surface area contributed by atoms with E-state index in [1.807, 2.05) is 6.08 Å². The molecule has 0 saturated heterocycles. The molecule has 0 saturated carbocycles. The van der Waals surface area contributed by atoms with Crippen molar-refractivity contribution >= 4 is 23.2 Å². The summed E-state index contributed by atoms with van der Waals surface area (Å²) in [6, 6.07) is 0. The van der Waals surface area contributed by atoms with Gasteiger partial charge in [0.1, 0.15) is 0 Å². The Morgan fingerprint density at radius 1 is 1.56 bits per heavy atom. The number of hydrogen-bond donors (Lipinski definition) is 0. The lowest BCUT2D eigenvalue weighted by Gasteiger charge is -2.11. The first kappa shape index (κ1) is 7.17. The van der Waals surface area contributed by atoms with Crippen LogP contribution in [-0.4, -0.2) is 0 Å². The van der Waals surface area contributed by atoms with Gasteiger partial charge in [-0.3, -0.25) is 0 Å². The second-order valence-corrected chi connectivity index (χ2v) is 3.13. The van der Waals surface area contributed by atoms with Crippen molar-refractivity contribution < 1.29 is 0 Å². The number of allylic oxidation sites excluding steroid dienone is 4. The van der Waals surface area contributed by atoms with Crippen LogP contribution in [-0.2, 0) is 0 Å². The van der Waals surface area contributed by atoms with Gasteiger partial charge in [0.2, 0.25) is 0 Å². The van der Waals surface area contributed by atoms with Crippen LogP contribution in [0.2, 0.25) is 0 Å². The highest BCUT2D eigenvalue weighted by Gasteiger charge is 2.09. The maximum atomic E-state index is 5.80. The van der Waals surface area contributed by atoms with E-state index in [1.165, 1.54) is 0 Å². The lowest BCUT2D eigenvalue weighted by molar-refractivity contribution is 0.720. The highest BCUT2D eigenvalue weighted by Crippen LogP contribution is 2.27. The lowest BCUT2D eigenvalue weighted by Crippen LogP contribution is -1.96. The topological polar surface area (TPSA) is 0 Å². The van der Waals surface area contributed by atoms with Gasteiger partial charge in [-0.25, -0.2) is 0 Å². The predicted octanol–water partition coefficient (Wildman–Crippen LogP) is 3.27. The molecule has 0 bridgehead atoms. The first-order valence-electron chi connectivity index (χ1n) is 2.93. The van der Waals surface area contributed by atoms with Crippen LogP contribution in [0.3, 0.4) is 0 Å². The second-order valence-electron chi connectivity index (χ2n) is 2.25. The molecule has 0 aromatic rings. The summed E-state index contributed by atoms with van der Waals surface area (Å²) in [5.41, 5.74) is 0. The van der Waals surface area contributed by atoms with Crippen LogP contribution >= 0.6 is 23.2 Å². The largest absolute Gasteiger partial charge is 0.0888 e. The van der Waals surface area contributed by atoms with Crippen molar-refractivity contribution in [1.29, 1.82) is 0 Å². The summed E-state index contributed by atoms with van der Waals surface area (Å²) in [6.07, 6.45) is 4.75. The van der Waals surface area contributed by atoms with E-state index in [1.54, 1.807) is 6.08 Å². The molecule has 0 aromatic carbocycles. The minimum atomic E-state index is 0.453. The van der Waals surface area contributed by atoms with E-state index in [4.69, 9.17) is 23.2 Å². The van der Waals surface area contributed by atoms with Crippen LogP contribution < -0.4 is 0 Å². The third kappa shape index (κ3) is 1.74. The monoisotopic (exact) mass is 162 g/mol. The Labute approximate surface area is 65.2 Å². The highest BCUT2D eigenvalue weighted by molar-refractivity contribution is 6.35. The third-order valence-electron chi connectivity index (χ3n) is 1.41. The molecule has 1 rings (SSSR count). The van der Waals surface area contributed by atoms with Crippen LogP contribution in [0.4, 0.5) is 0 Å². The molecular weight excluding hydrogens is 155 g/mol. The molecule has 9 heavy (non-hydrogen) atoms. The summed E-state index contributed by atoms with van der Waals surface area (Å²) in [4.78, 5) is 0. The first-order chi connectivity index (χ1) is 4.20. The Morgan fingerprint density at radius 2 is 2.22 bits per heavy atom. The molecule has 0 amide bonds. The van der Waals surface area contributed by atoms with Crippen molar-refractivity contribution in [1.82, 2.24) is 0 Å². The Kier molecular flexibility index (Phi) is 2.20. The molecule has 1 unspecified atom stereocenters. The van der Waals surface area contributed by atoms with Gasteiger partial charge >= 0.3 is 0 Å². The van der Waals surface area contributed by atoms with Crippen molar-refractivity contribution in [2.24, 2.45) is 5.92 Å². The Bertz CT molecular complexity index is 168. The molecule has 0 spiro atoms. The fourth-order valence-electron chi connectivity index (χ4n) is 0.735. The molecule has 50 valence electrons. The van der Waals surface area contributed by atoms with E-state index in [9.17, 15) is 0 Å². The van der Waals surface area contributed by atoms with E-state index in [0.717, 1.165) is 16.5 Å². The van der Waals surface area contributed by atoms with E-state index in [2.05, 4.69) is 6.92 Å². The summed E-state index contributed by atoms with van der Waals surface area (Å²) in [5, 5.41) is 1.63. The Morgan fingerprint density at radius 3 is 2.67 bits per heavy atom. The zero-order chi connectivity index (χ0) is 6.85. The van der Waals surface area contributed by atoms with Crippen LogP contribution in [0.15, 0.2) is 22.2 Å². The standard InChI is InChI=1S/C7H8Cl2/c1-5-2-3-6(8)4-7(5)9/h3-5H,2H2,1H3. The van der Waals surface area contributed by atoms with Crippen molar-refractivity contribution in [3.05, 3.63) is 22.2 Å². The number of hydrogen-bond acceptors (Lipinski definition) is 0. The minimum absolute atomic E-state index is 0.453. The molecule has 0 nitrogen and oxygen atoms in total. The Balaban J connectivity index is 2.74. The van der Waals surface area contributed by atoms with Crippen molar-refractivity contribution in [3.63, 3.8) is 0 Å². The van der Waals surface area contributed by atoms with Crippen LogP contribution in [0, 0.1) is 5.92 Å². The minimum Gasteiger partial charge on any atom is -0.0888 e. The van der Waals surface area contributed by atoms with Gasteiger partial charge in [0, 0.05) is 10.1 Å². The predicted molar refractivity (Wildman–Crippen MR) is 41.7 cm³/mol. The molecule has 2 heteroatoms. The van der Waals surface area contributed by atoms with E-state index >= 15 is 0 Å². The average Bonchev–Trinajstić information content (AvgIpc) is 1.80. The zero-order valence-corrected chi connectivity index (χ0v) is 6.71. The number of halogens is 2. The molecule has 0 N–H and O–H groups in total. The SMILES string of the molecule is CC1CC=C(Cl)C=C1Cl. The van der Waals surface area contributed by atoms with Crippen LogP contribution in [0.25, 0.3) is 0 Å². The molecule has 0 fully saturated rings. The summed E-state index contributed by atoms with van der Waals surface area (Å²) in [5.74, 6) is 0.453. The smallest absolute Gasteiger partial charge is 0.0377 e. The van der Waals surface area contributed by atoms with E-state index in [0.29, 0.717) is 5.92 Å². The zero-order valence-electron chi connectivity index (χ0n) is 5.20. The molecule has 1 aliphatic carbocycles. The van der Waals surface area contributed by atoms with E-state index < -0.39 is 0 Å². The van der Waals surface area contributed by atoms with Crippen molar-refractivity contribution in [2.45, 2.75) is 13.3 Å². The van der Waals surface area contributed by atoms with Gasteiger partial charge in [0.25, 0.3) is 0 Å². The summed E-state index contributed by atoms with van der Waals surface area (Å²) < 4.78 is 0. The molecule has 1 aliphatic rings. The van der Waals surface area contributed by atoms with Crippen LogP contribution in [0.5, 0.6) is 0 Å². The normalized spacial score (nSPS) is 27.2. The quantitative estimate of drug-likeness (QED) is 0.514. The van der Waals surface area contributed by atoms with Gasteiger partial charge < -0.3 is 0 Å². The lowest BCUT2D eigenvalue weighted by atomic mass is 10.0. The summed E-state index contributed by atoms with van der Waals surface area (Å²) in [6.45, 7) is 2.08. The van der Waals surface area contributed by atoms with Crippen molar-refractivity contribution in [2.75, 3.05) is 0 Å². The maximum Gasteiger partial charge on any atom is 0.0377 e. The Hall–Kier alpha value is 0.0600. The van der Waals surface area contributed by atoms with Gasteiger partial charge in [0.15, 0.2) is 0 Å². The summed E-state index contributed by atoms with van der Waals surface area (Å²) >= 11 is 11.5. The molecule has 1 atom stereocenters. The molecule has 0 radical (unpaired) electrons. The van der Waals surface area contributed by atoms with Crippen LogP contribution in [0.1, 0.15) is 13.3 Å². The molecule has 0 aliphatic heterocycles. The summed E-state index contributed by atoms with van der Waals surface area (Å²) in [7, 11) is 0. The maximum absolute atomic E-state index is 5.80. The number of rotatable bonds is 0. The fraction of sp³-hybridized carbons (Fsp3) is 0.429. The van der Waals surface area contributed by atoms with Gasteiger partial charge in [0.05, 0.1) is 0 Å². The fourth-order valence-corrected chi connectivity index (χ4v) is 1.20. The van der Waals surface area contributed by atoms with Gasteiger partial charge in [-0.1, -0.05) is 36.2 Å². The molecule has 0 heterocycles. The highest BCUT2D eigenvalue weighted by atomic mass is 35.5. The van der Waals surface area contributed by atoms with Crippen molar-refractivity contribution in [3.8, 4) is 0 Å². The molecule has 0 aromatic heterocycles. The second kappa shape index (κ2) is 2.76. The van der Waals surface area contributed by atoms with E-state index in [-0.39, 0.29) is 0 Å². The van der Waals surface area contributed by atoms with Gasteiger partial charge in [-0.15, -0.1) is 0 Å². The first-order valence-corrected chi connectivity index (χ1v) is 3.68.